The Labute approximate surface area is 170 Å². The molecule has 2 unspecified atom stereocenters. The molecule has 3 aromatic carbocycles. The summed E-state index contributed by atoms with van der Waals surface area (Å²) in [5.74, 6) is 0.203. The molecule has 0 bridgehead atoms. The lowest BCUT2D eigenvalue weighted by Gasteiger charge is -2.39. The quantitative estimate of drug-likeness (QED) is 0.603. The van der Waals surface area contributed by atoms with Gasteiger partial charge in [0.15, 0.2) is 0 Å². The average molecular weight is 407 g/mol. The minimum atomic E-state index is -3.88. The van der Waals surface area contributed by atoms with E-state index in [0.29, 0.717) is 11.3 Å². The van der Waals surface area contributed by atoms with Gasteiger partial charge >= 0.3 is 0 Å². The normalized spacial score (nSPS) is 16.6. The first kappa shape index (κ1) is 19.1. The summed E-state index contributed by atoms with van der Waals surface area (Å²) in [5, 5.41) is 18.5. The van der Waals surface area contributed by atoms with Crippen LogP contribution in [0.4, 0.5) is 5.69 Å². The van der Waals surface area contributed by atoms with Gasteiger partial charge in [-0.2, -0.15) is 0 Å². The van der Waals surface area contributed by atoms with Gasteiger partial charge < -0.3 is 10.2 Å². The highest BCUT2D eigenvalue weighted by atomic mass is 32.2. The summed E-state index contributed by atoms with van der Waals surface area (Å²) in [6, 6.07) is 17.9. The Morgan fingerprint density at radius 1 is 0.966 bits per heavy atom. The fourth-order valence-corrected chi connectivity index (χ4v) is 5.92. The summed E-state index contributed by atoms with van der Waals surface area (Å²) < 4.78 is 29.0. The number of benzene rings is 3. The lowest BCUT2D eigenvalue weighted by Crippen LogP contribution is -2.38. The maximum atomic E-state index is 13.8. The maximum absolute atomic E-state index is 13.8. The molecule has 4 rings (SSSR count). The molecule has 29 heavy (non-hydrogen) atoms. The molecule has 148 valence electrons. The van der Waals surface area contributed by atoms with Crippen molar-refractivity contribution in [2.45, 2.75) is 18.2 Å². The molecule has 0 radical (unpaired) electrons. The van der Waals surface area contributed by atoms with Gasteiger partial charge in [0.2, 0.25) is 10.0 Å². The smallest absolute Gasteiger partial charge is 0.246 e. The third kappa shape index (κ3) is 3.06. The van der Waals surface area contributed by atoms with Crippen molar-refractivity contribution < 1.29 is 18.6 Å². The largest absolute Gasteiger partial charge is 0.508 e. The maximum Gasteiger partial charge on any atom is 0.246 e. The van der Waals surface area contributed by atoms with E-state index in [4.69, 9.17) is 0 Å². The van der Waals surface area contributed by atoms with E-state index in [-0.39, 0.29) is 11.5 Å². The number of para-hydroxylation sites is 1. The number of nitrogens with zero attached hydrogens (tertiary/aromatic N) is 1. The van der Waals surface area contributed by atoms with E-state index in [2.05, 4.69) is 6.58 Å². The number of fused-ring (bicyclic) bond motifs is 3. The first-order chi connectivity index (χ1) is 13.8. The van der Waals surface area contributed by atoms with Gasteiger partial charge in [-0.05, 0) is 53.9 Å². The van der Waals surface area contributed by atoms with Gasteiger partial charge in [-0.1, -0.05) is 42.5 Å². The molecule has 0 saturated carbocycles. The molecule has 0 saturated heterocycles. The molecule has 0 aliphatic carbocycles. The number of anilines is 1. The minimum Gasteiger partial charge on any atom is -0.508 e. The summed E-state index contributed by atoms with van der Waals surface area (Å²) in [7, 11) is -3.88. The van der Waals surface area contributed by atoms with E-state index in [0.717, 1.165) is 16.7 Å². The van der Waals surface area contributed by atoms with Gasteiger partial charge in [-0.25, -0.2) is 8.42 Å². The fourth-order valence-electron chi connectivity index (χ4n) is 3.94. The Hall–Kier alpha value is -3.25. The summed E-state index contributed by atoms with van der Waals surface area (Å²) in [6.45, 7) is 5.59. The summed E-state index contributed by atoms with van der Waals surface area (Å²) in [5.41, 5.74) is 3.47. The molecule has 0 spiro atoms. The number of aromatic hydroxyl groups is 2. The third-order valence-electron chi connectivity index (χ3n) is 5.30. The van der Waals surface area contributed by atoms with Gasteiger partial charge in [0.25, 0.3) is 0 Å². The van der Waals surface area contributed by atoms with Crippen molar-refractivity contribution in [1.29, 1.82) is 0 Å². The van der Waals surface area contributed by atoms with Crippen molar-refractivity contribution in [3.05, 3.63) is 90.5 Å². The molecule has 0 aromatic heterocycles. The first-order valence-corrected chi connectivity index (χ1v) is 10.7. The van der Waals surface area contributed by atoms with Gasteiger partial charge in [0, 0.05) is 5.56 Å². The standard InChI is InChI=1S/C23H21NO4S/c1-3-23(16-8-10-17(25)11-9-16)29(27,28)24-15(2)19-13-12-18(26)14-21(19)20-6-4-5-7-22(20)24/h3-15,23,25-26H,1H2,2H3. The molecular weight excluding hydrogens is 386 g/mol. The van der Waals surface area contributed by atoms with Crippen LogP contribution in [0.2, 0.25) is 0 Å². The van der Waals surface area contributed by atoms with Crippen molar-refractivity contribution >= 4 is 15.7 Å². The monoisotopic (exact) mass is 407 g/mol. The van der Waals surface area contributed by atoms with Crippen molar-refractivity contribution in [3.8, 4) is 22.6 Å². The van der Waals surface area contributed by atoms with Crippen LogP contribution >= 0.6 is 0 Å². The molecule has 2 N–H and O–H groups in total. The first-order valence-electron chi connectivity index (χ1n) is 9.21. The Kier molecular flexibility index (Phi) is 4.59. The number of hydrogen-bond donors (Lipinski definition) is 2. The molecule has 2 atom stereocenters. The van der Waals surface area contributed by atoms with E-state index in [9.17, 15) is 18.6 Å². The molecule has 5 nitrogen and oxygen atoms in total. The van der Waals surface area contributed by atoms with Crippen LogP contribution in [0, 0.1) is 0 Å². The van der Waals surface area contributed by atoms with E-state index in [1.165, 1.54) is 22.5 Å². The zero-order chi connectivity index (χ0) is 20.8. The number of hydrogen-bond acceptors (Lipinski definition) is 4. The second-order valence-electron chi connectivity index (χ2n) is 7.05. The fraction of sp³-hybridized carbons (Fsp3) is 0.130. The highest BCUT2D eigenvalue weighted by Gasteiger charge is 2.39. The molecule has 0 fully saturated rings. The van der Waals surface area contributed by atoms with E-state index in [1.54, 1.807) is 42.5 Å². The Morgan fingerprint density at radius 2 is 1.62 bits per heavy atom. The van der Waals surface area contributed by atoms with Crippen LogP contribution in [-0.4, -0.2) is 18.6 Å². The van der Waals surface area contributed by atoms with Crippen LogP contribution in [0.15, 0.2) is 79.4 Å². The lowest BCUT2D eigenvalue weighted by molar-refractivity contribution is 0.474. The Bertz CT molecular complexity index is 1190. The second-order valence-corrected chi connectivity index (χ2v) is 8.98. The van der Waals surface area contributed by atoms with Gasteiger partial charge in [-0.3, -0.25) is 4.31 Å². The number of sulfonamides is 1. The molecule has 1 heterocycles. The van der Waals surface area contributed by atoms with Gasteiger partial charge in [0.05, 0.1) is 11.7 Å². The van der Waals surface area contributed by atoms with E-state index >= 15 is 0 Å². The topological polar surface area (TPSA) is 77.8 Å². The molecule has 6 heteroatoms. The average Bonchev–Trinajstić information content (AvgIpc) is 2.69. The molecular formula is C23H21NO4S. The van der Waals surface area contributed by atoms with Crippen LogP contribution in [-0.2, 0) is 10.0 Å². The molecule has 1 aliphatic heterocycles. The molecule has 3 aromatic rings. The number of rotatable bonds is 4. The van der Waals surface area contributed by atoms with Crippen molar-refractivity contribution in [3.63, 3.8) is 0 Å². The van der Waals surface area contributed by atoms with Crippen LogP contribution in [0.1, 0.15) is 29.3 Å². The van der Waals surface area contributed by atoms with Gasteiger partial charge in [0.1, 0.15) is 16.7 Å². The zero-order valence-electron chi connectivity index (χ0n) is 15.9. The number of phenolic OH excluding ortho intramolecular Hbond substituents is 2. The second kappa shape index (κ2) is 6.97. The third-order valence-corrected chi connectivity index (χ3v) is 7.47. The summed E-state index contributed by atoms with van der Waals surface area (Å²) >= 11 is 0. The van der Waals surface area contributed by atoms with Crippen LogP contribution in [0.3, 0.4) is 0 Å². The molecule has 1 aliphatic rings. The lowest BCUT2D eigenvalue weighted by atomic mass is 9.90. The van der Waals surface area contributed by atoms with E-state index < -0.39 is 21.3 Å². The Balaban J connectivity index is 1.90. The van der Waals surface area contributed by atoms with Crippen molar-refractivity contribution in [2.24, 2.45) is 0 Å². The highest BCUT2D eigenvalue weighted by Crippen LogP contribution is 2.48. The van der Waals surface area contributed by atoms with Crippen molar-refractivity contribution in [2.75, 3.05) is 4.31 Å². The van der Waals surface area contributed by atoms with Gasteiger partial charge in [-0.15, -0.1) is 6.58 Å². The zero-order valence-corrected chi connectivity index (χ0v) is 16.7. The number of phenols is 2. The Morgan fingerprint density at radius 3 is 2.31 bits per heavy atom. The van der Waals surface area contributed by atoms with Crippen LogP contribution in [0.5, 0.6) is 11.5 Å². The predicted octanol–water partition coefficient (Wildman–Crippen LogP) is 4.90. The summed E-state index contributed by atoms with van der Waals surface area (Å²) in [4.78, 5) is 0. The SMILES string of the molecule is C=CC(c1ccc(O)cc1)S(=O)(=O)N1c2ccccc2-c2cc(O)ccc2C1C. The van der Waals surface area contributed by atoms with E-state index in [1.807, 2.05) is 19.1 Å². The predicted molar refractivity (Wildman–Crippen MR) is 114 cm³/mol. The summed E-state index contributed by atoms with van der Waals surface area (Å²) in [6.07, 6.45) is 1.41. The minimum absolute atomic E-state index is 0.0689. The molecule has 0 amide bonds. The van der Waals surface area contributed by atoms with Crippen molar-refractivity contribution in [1.82, 2.24) is 0 Å². The van der Waals surface area contributed by atoms with Crippen LogP contribution in [0.25, 0.3) is 11.1 Å². The van der Waals surface area contributed by atoms with Crippen LogP contribution < -0.4 is 4.31 Å². The highest BCUT2D eigenvalue weighted by molar-refractivity contribution is 7.93.